The molecule has 0 saturated carbocycles. The number of carbonyl (C=O) groups excluding carboxylic acids is 1. The predicted octanol–water partition coefficient (Wildman–Crippen LogP) is 1.95. The minimum Gasteiger partial charge on any atom is -0.340 e. The zero-order valence-electron chi connectivity index (χ0n) is 10.6. The van der Waals surface area contributed by atoms with E-state index < -0.39 is 0 Å². The van der Waals surface area contributed by atoms with Crippen molar-refractivity contribution in [1.82, 2.24) is 9.80 Å². The van der Waals surface area contributed by atoms with Gasteiger partial charge in [0.15, 0.2) is 0 Å². The van der Waals surface area contributed by atoms with Gasteiger partial charge in [-0.15, -0.1) is 11.6 Å². The second-order valence-corrected chi connectivity index (χ2v) is 5.71. The van der Waals surface area contributed by atoms with Gasteiger partial charge in [0.2, 0.25) is 5.91 Å². The Morgan fingerprint density at radius 2 is 1.75 bits per heavy atom. The van der Waals surface area contributed by atoms with Gasteiger partial charge in [-0.25, -0.2) is 0 Å². The maximum absolute atomic E-state index is 11.8. The van der Waals surface area contributed by atoms with Gasteiger partial charge in [-0.3, -0.25) is 9.69 Å². The van der Waals surface area contributed by atoms with Gasteiger partial charge in [0.05, 0.1) is 0 Å². The van der Waals surface area contributed by atoms with E-state index in [1.807, 2.05) is 4.90 Å². The Morgan fingerprint density at radius 3 is 2.19 bits per heavy atom. The standard InChI is InChI=1S/C12H23ClN2O/c1-12(2,3)15-9-7-14(8-10-15)11(16)5-4-6-13/h4-10H2,1-3H3. The third kappa shape index (κ3) is 3.95. The van der Waals surface area contributed by atoms with Crippen molar-refractivity contribution in [3.63, 3.8) is 0 Å². The summed E-state index contributed by atoms with van der Waals surface area (Å²) in [6, 6.07) is 0. The first-order valence-corrected chi connectivity index (χ1v) is 6.57. The quantitative estimate of drug-likeness (QED) is 0.711. The van der Waals surface area contributed by atoms with Crippen molar-refractivity contribution in [2.24, 2.45) is 0 Å². The van der Waals surface area contributed by atoms with Crippen LogP contribution in [0.25, 0.3) is 0 Å². The summed E-state index contributed by atoms with van der Waals surface area (Å²) >= 11 is 5.59. The highest BCUT2D eigenvalue weighted by Crippen LogP contribution is 2.16. The highest BCUT2D eigenvalue weighted by molar-refractivity contribution is 6.17. The summed E-state index contributed by atoms with van der Waals surface area (Å²) in [5, 5.41) is 0. The fourth-order valence-electron chi connectivity index (χ4n) is 2.00. The van der Waals surface area contributed by atoms with Crippen molar-refractivity contribution in [3.8, 4) is 0 Å². The number of hydrogen-bond donors (Lipinski definition) is 0. The van der Waals surface area contributed by atoms with Crippen molar-refractivity contribution in [1.29, 1.82) is 0 Å². The zero-order valence-corrected chi connectivity index (χ0v) is 11.4. The average molecular weight is 247 g/mol. The number of nitrogens with zero attached hydrogens (tertiary/aromatic N) is 2. The van der Waals surface area contributed by atoms with Crippen molar-refractivity contribution < 1.29 is 4.79 Å². The van der Waals surface area contributed by atoms with Crippen molar-refractivity contribution in [2.45, 2.75) is 39.2 Å². The Morgan fingerprint density at radius 1 is 1.19 bits per heavy atom. The van der Waals surface area contributed by atoms with Gasteiger partial charge in [-0.1, -0.05) is 0 Å². The summed E-state index contributed by atoms with van der Waals surface area (Å²) in [7, 11) is 0. The maximum Gasteiger partial charge on any atom is 0.222 e. The molecule has 0 N–H and O–H groups in total. The first-order chi connectivity index (χ1) is 7.45. The van der Waals surface area contributed by atoms with Gasteiger partial charge < -0.3 is 4.90 Å². The molecule has 0 spiro atoms. The fourth-order valence-corrected chi connectivity index (χ4v) is 2.14. The topological polar surface area (TPSA) is 23.6 Å². The second kappa shape index (κ2) is 5.87. The highest BCUT2D eigenvalue weighted by Gasteiger charge is 2.27. The monoisotopic (exact) mass is 246 g/mol. The number of carbonyl (C=O) groups is 1. The lowest BCUT2D eigenvalue weighted by molar-refractivity contribution is -0.133. The Labute approximate surface area is 104 Å². The number of amides is 1. The van der Waals surface area contributed by atoms with Crippen LogP contribution in [0.15, 0.2) is 0 Å². The largest absolute Gasteiger partial charge is 0.340 e. The molecule has 0 aromatic rings. The van der Waals surface area contributed by atoms with E-state index in [9.17, 15) is 4.79 Å². The van der Waals surface area contributed by atoms with Crippen LogP contribution in [0.1, 0.15) is 33.6 Å². The molecule has 1 amide bonds. The third-order valence-corrected chi connectivity index (χ3v) is 3.37. The maximum atomic E-state index is 11.8. The third-order valence-electron chi connectivity index (χ3n) is 3.11. The van der Waals surface area contributed by atoms with Crippen LogP contribution in [0.5, 0.6) is 0 Å². The molecular formula is C12H23ClN2O. The first-order valence-electron chi connectivity index (χ1n) is 6.04. The molecule has 4 heteroatoms. The summed E-state index contributed by atoms with van der Waals surface area (Å²) in [5.74, 6) is 0.836. The van der Waals surface area contributed by atoms with Crippen molar-refractivity contribution in [2.75, 3.05) is 32.1 Å². The van der Waals surface area contributed by atoms with E-state index in [1.54, 1.807) is 0 Å². The number of rotatable bonds is 3. The lowest BCUT2D eigenvalue weighted by Gasteiger charge is -2.42. The molecule has 1 saturated heterocycles. The summed E-state index contributed by atoms with van der Waals surface area (Å²) < 4.78 is 0. The smallest absolute Gasteiger partial charge is 0.222 e. The van der Waals surface area contributed by atoms with Gasteiger partial charge in [-0.05, 0) is 27.2 Å². The molecule has 3 nitrogen and oxygen atoms in total. The van der Waals surface area contributed by atoms with Gasteiger partial charge in [0.1, 0.15) is 0 Å². The van der Waals surface area contributed by atoms with Gasteiger partial charge in [0, 0.05) is 44.0 Å². The van der Waals surface area contributed by atoms with E-state index in [0.717, 1.165) is 32.6 Å². The van der Waals surface area contributed by atoms with E-state index in [-0.39, 0.29) is 11.4 Å². The molecule has 0 aromatic heterocycles. The molecule has 16 heavy (non-hydrogen) atoms. The Balaban J connectivity index is 2.34. The number of piperazine rings is 1. The summed E-state index contributed by atoms with van der Waals surface area (Å²) in [6.07, 6.45) is 1.39. The van der Waals surface area contributed by atoms with Gasteiger partial charge >= 0.3 is 0 Å². The molecule has 1 aliphatic heterocycles. The van der Waals surface area contributed by atoms with E-state index in [2.05, 4.69) is 25.7 Å². The molecule has 1 rings (SSSR count). The van der Waals surface area contributed by atoms with Crippen LogP contribution in [0.2, 0.25) is 0 Å². The van der Waals surface area contributed by atoms with Gasteiger partial charge in [-0.2, -0.15) is 0 Å². The van der Waals surface area contributed by atoms with Gasteiger partial charge in [0.25, 0.3) is 0 Å². The van der Waals surface area contributed by atoms with E-state index in [4.69, 9.17) is 11.6 Å². The molecule has 1 heterocycles. The number of alkyl halides is 1. The first kappa shape index (κ1) is 13.8. The SMILES string of the molecule is CC(C)(C)N1CCN(C(=O)CCCCl)CC1. The van der Waals surface area contributed by atoms with Crippen LogP contribution in [0.4, 0.5) is 0 Å². The molecule has 1 fully saturated rings. The average Bonchev–Trinajstić information content (AvgIpc) is 2.25. The molecule has 0 aliphatic carbocycles. The van der Waals surface area contributed by atoms with E-state index in [0.29, 0.717) is 12.3 Å². The summed E-state index contributed by atoms with van der Waals surface area (Å²) in [5.41, 5.74) is 0.214. The van der Waals surface area contributed by atoms with E-state index in [1.165, 1.54) is 0 Å². The Bertz CT molecular complexity index is 230. The predicted molar refractivity (Wildman–Crippen MR) is 67.9 cm³/mol. The summed E-state index contributed by atoms with van der Waals surface area (Å²) in [4.78, 5) is 16.2. The van der Waals surface area contributed by atoms with Crippen LogP contribution in [0, 0.1) is 0 Å². The van der Waals surface area contributed by atoms with Crippen LogP contribution in [-0.4, -0.2) is 53.3 Å². The number of hydrogen-bond acceptors (Lipinski definition) is 2. The minimum absolute atomic E-state index is 0.214. The minimum atomic E-state index is 0.214. The summed E-state index contributed by atoms with van der Waals surface area (Å²) in [6.45, 7) is 10.3. The second-order valence-electron chi connectivity index (χ2n) is 5.33. The molecule has 0 unspecified atom stereocenters. The molecule has 0 bridgehead atoms. The van der Waals surface area contributed by atoms with Crippen LogP contribution in [0.3, 0.4) is 0 Å². The zero-order chi connectivity index (χ0) is 12.2. The molecule has 0 atom stereocenters. The highest BCUT2D eigenvalue weighted by atomic mass is 35.5. The Kier molecular flexibility index (Phi) is 5.06. The lowest BCUT2D eigenvalue weighted by Crippen LogP contribution is -2.54. The fraction of sp³-hybridized carbons (Fsp3) is 0.917. The van der Waals surface area contributed by atoms with Crippen LogP contribution >= 0.6 is 11.6 Å². The molecule has 1 aliphatic rings. The molecule has 94 valence electrons. The van der Waals surface area contributed by atoms with Crippen LogP contribution < -0.4 is 0 Å². The Hall–Kier alpha value is -0.280. The van der Waals surface area contributed by atoms with Crippen LogP contribution in [-0.2, 0) is 4.79 Å². The normalized spacial score (nSPS) is 18.9. The lowest BCUT2D eigenvalue weighted by atomic mass is 10.0. The number of halogens is 1. The molecule has 0 radical (unpaired) electrons. The van der Waals surface area contributed by atoms with E-state index >= 15 is 0 Å². The molecular weight excluding hydrogens is 224 g/mol. The molecule has 0 aromatic carbocycles. The van der Waals surface area contributed by atoms with Crippen molar-refractivity contribution in [3.05, 3.63) is 0 Å². The van der Waals surface area contributed by atoms with Crippen molar-refractivity contribution >= 4 is 17.5 Å².